The van der Waals surface area contributed by atoms with Crippen molar-refractivity contribution >= 4 is 11.6 Å². The van der Waals surface area contributed by atoms with Gasteiger partial charge in [0.15, 0.2) is 0 Å². The lowest BCUT2D eigenvalue weighted by molar-refractivity contribution is -0.133. The van der Waals surface area contributed by atoms with Gasteiger partial charge in [-0.3, -0.25) is 4.79 Å². The summed E-state index contributed by atoms with van der Waals surface area (Å²) in [5, 5.41) is 21.9. The Hall–Kier alpha value is -2.84. The third-order valence-electron chi connectivity index (χ3n) is 4.16. The number of benzene rings is 2. The Bertz CT molecular complexity index is 772. The molecule has 0 radical (unpaired) electrons. The molecular weight excluding hydrogens is 304 g/mol. The molecule has 2 aromatic rings. The Morgan fingerprint density at radius 2 is 1.83 bits per heavy atom. The number of hydrogen-bond donors (Lipinski definition) is 2. The van der Waals surface area contributed by atoms with Gasteiger partial charge in [0.1, 0.15) is 17.1 Å². The summed E-state index contributed by atoms with van der Waals surface area (Å²) in [6, 6.07) is 15.9. The van der Waals surface area contributed by atoms with Crippen molar-refractivity contribution in [3.8, 4) is 17.6 Å². The van der Waals surface area contributed by atoms with Crippen LogP contribution < -0.4 is 10.1 Å². The molecular formula is C19H18N2O3. The van der Waals surface area contributed by atoms with Gasteiger partial charge in [-0.25, -0.2) is 0 Å². The Morgan fingerprint density at radius 1 is 1.12 bits per heavy atom. The summed E-state index contributed by atoms with van der Waals surface area (Å²) in [4.78, 5) is 12.2. The van der Waals surface area contributed by atoms with Crippen LogP contribution in [0.25, 0.3) is 0 Å². The number of amides is 1. The van der Waals surface area contributed by atoms with E-state index in [9.17, 15) is 9.90 Å². The van der Waals surface area contributed by atoms with Crippen molar-refractivity contribution in [2.75, 3.05) is 5.32 Å². The largest absolute Gasteiger partial charge is 0.457 e. The minimum Gasteiger partial charge on any atom is -0.457 e. The van der Waals surface area contributed by atoms with Crippen LogP contribution in [0.4, 0.5) is 5.69 Å². The summed E-state index contributed by atoms with van der Waals surface area (Å²) >= 11 is 0. The number of rotatable bonds is 4. The molecule has 0 bridgehead atoms. The van der Waals surface area contributed by atoms with Crippen molar-refractivity contribution in [1.82, 2.24) is 0 Å². The van der Waals surface area contributed by atoms with Gasteiger partial charge < -0.3 is 15.2 Å². The normalized spacial score (nSPS) is 15.5. The molecule has 0 unspecified atom stereocenters. The fourth-order valence-corrected chi connectivity index (χ4v) is 2.81. The van der Waals surface area contributed by atoms with E-state index >= 15 is 0 Å². The van der Waals surface area contributed by atoms with Gasteiger partial charge in [0.25, 0.3) is 5.91 Å². The quantitative estimate of drug-likeness (QED) is 0.901. The van der Waals surface area contributed by atoms with Crippen molar-refractivity contribution in [2.45, 2.75) is 31.3 Å². The van der Waals surface area contributed by atoms with E-state index in [1.807, 2.05) is 0 Å². The molecule has 2 N–H and O–H groups in total. The highest BCUT2D eigenvalue weighted by Gasteiger charge is 2.38. The van der Waals surface area contributed by atoms with E-state index in [4.69, 9.17) is 10.00 Å². The van der Waals surface area contributed by atoms with Crippen molar-refractivity contribution in [2.24, 2.45) is 0 Å². The van der Waals surface area contributed by atoms with E-state index in [1.54, 1.807) is 48.5 Å². The Labute approximate surface area is 140 Å². The predicted molar refractivity (Wildman–Crippen MR) is 89.7 cm³/mol. The third-order valence-corrected chi connectivity index (χ3v) is 4.16. The SMILES string of the molecule is N#Cc1cccc(Oc2ccc(NC(=O)C3(O)CCCC3)cc2)c1. The van der Waals surface area contributed by atoms with Crippen LogP contribution in [-0.4, -0.2) is 16.6 Å². The maximum atomic E-state index is 12.2. The highest BCUT2D eigenvalue weighted by atomic mass is 16.5. The topological polar surface area (TPSA) is 82.3 Å². The molecule has 5 heteroatoms. The summed E-state index contributed by atoms with van der Waals surface area (Å²) in [5.41, 5.74) is -0.105. The Kier molecular flexibility index (Phi) is 4.50. The molecule has 122 valence electrons. The summed E-state index contributed by atoms with van der Waals surface area (Å²) in [6.07, 6.45) is 2.77. The van der Waals surface area contributed by atoms with Crippen LogP contribution >= 0.6 is 0 Å². The zero-order valence-corrected chi connectivity index (χ0v) is 13.2. The van der Waals surface area contributed by atoms with Crippen molar-refractivity contribution in [1.29, 1.82) is 5.26 Å². The molecule has 0 spiro atoms. The number of nitrogens with one attached hydrogen (secondary N) is 1. The number of nitrogens with zero attached hydrogens (tertiary/aromatic N) is 1. The van der Waals surface area contributed by atoms with Gasteiger partial charge in [-0.2, -0.15) is 5.26 Å². The van der Waals surface area contributed by atoms with E-state index in [0.29, 0.717) is 35.6 Å². The molecule has 1 saturated carbocycles. The molecule has 1 aliphatic rings. The highest BCUT2D eigenvalue weighted by molar-refractivity contribution is 5.97. The molecule has 0 aromatic heterocycles. The van der Waals surface area contributed by atoms with E-state index < -0.39 is 5.60 Å². The van der Waals surface area contributed by atoms with Crippen LogP contribution in [0.2, 0.25) is 0 Å². The van der Waals surface area contributed by atoms with E-state index in [0.717, 1.165) is 12.8 Å². The number of ether oxygens (including phenoxy) is 1. The molecule has 1 amide bonds. The van der Waals surface area contributed by atoms with Crippen LogP contribution in [0.15, 0.2) is 48.5 Å². The van der Waals surface area contributed by atoms with E-state index in [1.165, 1.54) is 0 Å². The number of carbonyl (C=O) groups is 1. The molecule has 1 fully saturated rings. The average molecular weight is 322 g/mol. The second kappa shape index (κ2) is 6.73. The molecule has 0 aliphatic heterocycles. The first-order valence-electron chi connectivity index (χ1n) is 7.91. The molecule has 1 aliphatic carbocycles. The predicted octanol–water partition coefficient (Wildman–Crippen LogP) is 3.59. The lowest BCUT2D eigenvalue weighted by atomic mass is 10.0. The number of nitriles is 1. The summed E-state index contributed by atoms with van der Waals surface area (Å²) < 4.78 is 5.69. The molecule has 24 heavy (non-hydrogen) atoms. The molecule has 2 aromatic carbocycles. The monoisotopic (exact) mass is 322 g/mol. The summed E-state index contributed by atoms with van der Waals surface area (Å²) in [7, 11) is 0. The molecule has 0 heterocycles. The zero-order valence-electron chi connectivity index (χ0n) is 13.2. The lowest BCUT2D eigenvalue weighted by Crippen LogP contribution is -2.40. The van der Waals surface area contributed by atoms with Crippen molar-refractivity contribution in [3.05, 3.63) is 54.1 Å². The van der Waals surface area contributed by atoms with Crippen molar-refractivity contribution < 1.29 is 14.6 Å². The molecule has 5 nitrogen and oxygen atoms in total. The molecule has 3 rings (SSSR count). The summed E-state index contributed by atoms with van der Waals surface area (Å²) in [5.74, 6) is 0.823. The second-order valence-electron chi connectivity index (χ2n) is 5.96. The maximum Gasteiger partial charge on any atom is 0.256 e. The Balaban J connectivity index is 1.65. The standard InChI is InChI=1S/C19H18N2O3/c20-13-14-4-3-5-17(12-14)24-16-8-6-15(7-9-16)21-18(22)19(23)10-1-2-11-19/h3-9,12,23H,1-2,10-11H2,(H,21,22). The van der Waals surface area contributed by atoms with Crippen LogP contribution in [-0.2, 0) is 4.79 Å². The number of anilines is 1. The fraction of sp³-hybridized carbons (Fsp3) is 0.263. The number of aliphatic hydroxyl groups is 1. The van der Waals surface area contributed by atoms with E-state index in [-0.39, 0.29) is 5.91 Å². The first kappa shape index (κ1) is 16.0. The highest BCUT2D eigenvalue weighted by Crippen LogP contribution is 2.31. The van der Waals surface area contributed by atoms with Crippen LogP contribution in [0.3, 0.4) is 0 Å². The molecule has 0 atom stereocenters. The number of carbonyl (C=O) groups excluding carboxylic acids is 1. The minimum absolute atomic E-state index is 0.351. The number of hydrogen-bond acceptors (Lipinski definition) is 4. The van der Waals surface area contributed by atoms with Crippen molar-refractivity contribution in [3.63, 3.8) is 0 Å². The van der Waals surface area contributed by atoms with Gasteiger partial charge in [0, 0.05) is 5.69 Å². The van der Waals surface area contributed by atoms with Gasteiger partial charge in [-0.05, 0) is 68.1 Å². The zero-order chi connectivity index (χ0) is 17.0. The van der Waals surface area contributed by atoms with Crippen LogP contribution in [0.1, 0.15) is 31.2 Å². The van der Waals surface area contributed by atoms with Gasteiger partial charge >= 0.3 is 0 Å². The smallest absolute Gasteiger partial charge is 0.256 e. The van der Waals surface area contributed by atoms with Gasteiger partial charge in [-0.1, -0.05) is 6.07 Å². The molecule has 0 saturated heterocycles. The Morgan fingerprint density at radius 3 is 2.50 bits per heavy atom. The van der Waals surface area contributed by atoms with Gasteiger partial charge in [-0.15, -0.1) is 0 Å². The maximum absolute atomic E-state index is 12.2. The second-order valence-corrected chi connectivity index (χ2v) is 5.96. The fourth-order valence-electron chi connectivity index (χ4n) is 2.81. The van der Waals surface area contributed by atoms with Crippen LogP contribution in [0.5, 0.6) is 11.5 Å². The first-order chi connectivity index (χ1) is 11.6. The lowest BCUT2D eigenvalue weighted by Gasteiger charge is -2.21. The first-order valence-corrected chi connectivity index (χ1v) is 7.91. The van der Waals surface area contributed by atoms with Crippen LogP contribution in [0, 0.1) is 11.3 Å². The van der Waals surface area contributed by atoms with Gasteiger partial charge in [0.2, 0.25) is 0 Å². The minimum atomic E-state index is -1.24. The third kappa shape index (κ3) is 3.55. The average Bonchev–Trinajstić information content (AvgIpc) is 3.05. The van der Waals surface area contributed by atoms with Gasteiger partial charge in [0.05, 0.1) is 11.6 Å². The summed E-state index contributed by atoms with van der Waals surface area (Å²) in [6.45, 7) is 0. The van der Waals surface area contributed by atoms with E-state index in [2.05, 4.69) is 11.4 Å².